The summed E-state index contributed by atoms with van der Waals surface area (Å²) in [6.45, 7) is 13.7. The first kappa shape index (κ1) is 25.5. The molecule has 0 unspecified atom stereocenters. The molecule has 0 atom stereocenters. The van der Waals surface area contributed by atoms with Crippen LogP contribution in [0.4, 0.5) is 24.7 Å². The average Bonchev–Trinajstić information content (AvgIpc) is 3.12. The molecule has 2 aromatic heterocycles. The highest BCUT2D eigenvalue weighted by molar-refractivity contribution is 5.98. The fraction of sp³-hybridized carbons (Fsp3) is 0.400. The topological polar surface area (TPSA) is 39.1 Å². The zero-order chi connectivity index (χ0) is 23.9. The summed E-state index contributed by atoms with van der Waals surface area (Å²) in [5, 5.41) is 3.89. The molecule has 1 aromatic carbocycles. The molecule has 0 amide bonds. The number of hydrogen-bond acceptors (Lipinski definition) is 3. The van der Waals surface area contributed by atoms with E-state index in [9.17, 15) is 13.2 Å². The highest BCUT2D eigenvalue weighted by Crippen LogP contribution is 2.35. The van der Waals surface area contributed by atoms with Gasteiger partial charge >= 0.3 is 6.18 Å². The molecular weight excluding hydrogens is 415 g/mol. The molecule has 0 aliphatic rings. The molecule has 0 radical (unpaired) electrons. The summed E-state index contributed by atoms with van der Waals surface area (Å²) >= 11 is 0. The number of allylic oxidation sites excluding steroid dienone is 1. The Balaban J connectivity index is 0.000000451. The summed E-state index contributed by atoms with van der Waals surface area (Å²) in [6, 6.07) is 5.53. The van der Waals surface area contributed by atoms with Crippen molar-refractivity contribution in [3.63, 3.8) is 0 Å². The molecule has 0 spiro atoms. The number of benzene rings is 1. The predicted octanol–water partition coefficient (Wildman–Crippen LogP) is 7.50. The summed E-state index contributed by atoms with van der Waals surface area (Å²) in [5.74, 6) is 0.517. The smallest absolute Gasteiger partial charge is 0.381 e. The maximum Gasteiger partial charge on any atom is 0.416 e. The highest BCUT2D eigenvalue weighted by Gasteiger charge is 2.30. The van der Waals surface area contributed by atoms with E-state index >= 15 is 0 Å². The predicted molar refractivity (Wildman–Crippen MR) is 126 cm³/mol. The Morgan fingerprint density at radius 1 is 1.16 bits per heavy atom. The van der Waals surface area contributed by atoms with Crippen molar-refractivity contribution >= 4 is 28.0 Å². The Hall–Kier alpha value is -2.80. The van der Waals surface area contributed by atoms with E-state index in [1.807, 2.05) is 30.8 Å². The van der Waals surface area contributed by atoms with E-state index in [0.717, 1.165) is 60.2 Å². The number of alkyl halides is 3. The number of aromatic nitrogens is 2. The fourth-order valence-electron chi connectivity index (χ4n) is 3.18. The number of halogens is 3. The SMILES string of the molecule is C=C(C)c1cnc(Nc2cc(C(F)(F)F)ccc2C)c2ccn(C)c12.CCCOCCC. The van der Waals surface area contributed by atoms with Crippen molar-refractivity contribution in [3.05, 3.63) is 59.9 Å². The fourth-order valence-corrected chi connectivity index (χ4v) is 3.18. The number of nitrogens with one attached hydrogen (secondary N) is 1. The minimum atomic E-state index is -4.39. The van der Waals surface area contributed by atoms with Crippen molar-refractivity contribution in [2.45, 2.75) is 46.7 Å². The number of anilines is 2. The van der Waals surface area contributed by atoms with Crippen molar-refractivity contribution in [2.75, 3.05) is 18.5 Å². The number of hydrogen-bond donors (Lipinski definition) is 1. The van der Waals surface area contributed by atoms with Crippen LogP contribution in [0.3, 0.4) is 0 Å². The van der Waals surface area contributed by atoms with Crippen LogP contribution < -0.4 is 5.32 Å². The summed E-state index contributed by atoms with van der Waals surface area (Å²) in [5.41, 5.74) is 3.13. The van der Waals surface area contributed by atoms with Crippen LogP contribution in [0, 0.1) is 6.92 Å². The van der Waals surface area contributed by atoms with E-state index in [1.165, 1.54) is 6.07 Å². The Labute approximate surface area is 188 Å². The Morgan fingerprint density at radius 3 is 2.38 bits per heavy atom. The zero-order valence-electron chi connectivity index (χ0n) is 19.4. The molecule has 1 N–H and O–H groups in total. The van der Waals surface area contributed by atoms with Crippen LogP contribution in [-0.4, -0.2) is 22.8 Å². The van der Waals surface area contributed by atoms with Gasteiger partial charge in [0, 0.05) is 49.3 Å². The second-order valence-electron chi connectivity index (χ2n) is 7.75. The molecule has 3 rings (SSSR count). The summed E-state index contributed by atoms with van der Waals surface area (Å²) < 4.78 is 46.0. The van der Waals surface area contributed by atoms with Gasteiger partial charge in [-0.25, -0.2) is 4.98 Å². The molecule has 0 fully saturated rings. The van der Waals surface area contributed by atoms with Crippen molar-refractivity contribution in [1.82, 2.24) is 9.55 Å². The van der Waals surface area contributed by atoms with Gasteiger partial charge in [0.05, 0.1) is 11.1 Å². The number of fused-ring (bicyclic) bond motifs is 1. The number of rotatable bonds is 7. The van der Waals surface area contributed by atoms with Gasteiger partial charge in [0.1, 0.15) is 5.82 Å². The summed E-state index contributed by atoms with van der Waals surface area (Å²) in [7, 11) is 1.91. The Bertz CT molecular complexity index is 1050. The molecule has 0 aliphatic carbocycles. The van der Waals surface area contributed by atoms with E-state index in [0.29, 0.717) is 17.1 Å². The minimum absolute atomic E-state index is 0.385. The third kappa shape index (κ3) is 6.36. The van der Waals surface area contributed by atoms with Crippen LogP contribution in [0.25, 0.3) is 16.5 Å². The largest absolute Gasteiger partial charge is 0.416 e. The van der Waals surface area contributed by atoms with Crippen LogP contribution in [0.5, 0.6) is 0 Å². The van der Waals surface area contributed by atoms with Crippen LogP contribution in [-0.2, 0) is 18.0 Å². The molecule has 174 valence electrons. The molecule has 4 nitrogen and oxygen atoms in total. The number of aryl methyl sites for hydroxylation is 2. The lowest BCUT2D eigenvalue weighted by molar-refractivity contribution is -0.137. The second-order valence-corrected chi connectivity index (χ2v) is 7.75. The van der Waals surface area contributed by atoms with Crippen LogP contribution in [0.1, 0.15) is 50.3 Å². The quantitative estimate of drug-likeness (QED) is 0.381. The van der Waals surface area contributed by atoms with Crippen molar-refractivity contribution in [3.8, 4) is 0 Å². The number of pyridine rings is 1. The third-order valence-electron chi connectivity index (χ3n) is 4.88. The first-order valence-corrected chi connectivity index (χ1v) is 10.7. The standard InChI is InChI=1S/C19H18F3N3.C6H14O/c1-11(2)15-10-23-18(14-7-8-25(4)17(14)15)24-16-9-13(19(20,21)22)6-5-12(16)3;1-3-5-7-6-4-2/h5-10H,1H2,2-4H3,(H,23,24);3-6H2,1-2H3. The second kappa shape index (κ2) is 11.2. The van der Waals surface area contributed by atoms with Gasteiger partial charge in [-0.05, 0) is 56.0 Å². The van der Waals surface area contributed by atoms with Gasteiger partial charge in [0.15, 0.2) is 0 Å². The van der Waals surface area contributed by atoms with Crippen molar-refractivity contribution in [1.29, 1.82) is 0 Å². The minimum Gasteiger partial charge on any atom is -0.381 e. The van der Waals surface area contributed by atoms with Gasteiger partial charge in [0.2, 0.25) is 0 Å². The molecule has 0 aliphatic heterocycles. The van der Waals surface area contributed by atoms with Gasteiger partial charge in [-0.2, -0.15) is 13.2 Å². The monoisotopic (exact) mass is 447 g/mol. The molecule has 3 aromatic rings. The van der Waals surface area contributed by atoms with Crippen molar-refractivity contribution in [2.24, 2.45) is 7.05 Å². The van der Waals surface area contributed by atoms with Crippen molar-refractivity contribution < 1.29 is 17.9 Å². The zero-order valence-corrected chi connectivity index (χ0v) is 19.4. The first-order valence-electron chi connectivity index (χ1n) is 10.7. The molecule has 2 heterocycles. The van der Waals surface area contributed by atoms with Gasteiger partial charge < -0.3 is 14.6 Å². The van der Waals surface area contributed by atoms with Crippen LogP contribution in [0.2, 0.25) is 0 Å². The van der Waals surface area contributed by atoms with Gasteiger partial charge in [-0.3, -0.25) is 0 Å². The molecule has 32 heavy (non-hydrogen) atoms. The normalized spacial score (nSPS) is 11.2. The maximum atomic E-state index is 13.0. The lowest BCUT2D eigenvalue weighted by Gasteiger charge is -2.15. The molecular formula is C25H32F3N3O. The van der Waals surface area contributed by atoms with E-state index in [2.05, 4.69) is 30.7 Å². The molecule has 0 bridgehead atoms. The Morgan fingerprint density at radius 2 is 1.81 bits per heavy atom. The third-order valence-corrected chi connectivity index (χ3v) is 4.88. The van der Waals surface area contributed by atoms with E-state index in [4.69, 9.17) is 4.74 Å². The molecule has 0 saturated heterocycles. The van der Waals surface area contributed by atoms with Crippen LogP contribution in [0.15, 0.2) is 43.2 Å². The average molecular weight is 448 g/mol. The lowest BCUT2D eigenvalue weighted by Crippen LogP contribution is -2.06. The first-order chi connectivity index (χ1) is 15.1. The van der Waals surface area contributed by atoms with E-state index in [-0.39, 0.29) is 0 Å². The summed E-state index contributed by atoms with van der Waals surface area (Å²) in [6.07, 6.45) is 1.47. The van der Waals surface area contributed by atoms with Gasteiger partial charge in [0.25, 0.3) is 0 Å². The van der Waals surface area contributed by atoms with Gasteiger partial charge in [-0.15, -0.1) is 0 Å². The van der Waals surface area contributed by atoms with E-state index in [1.54, 1.807) is 13.1 Å². The summed E-state index contributed by atoms with van der Waals surface area (Å²) in [4.78, 5) is 4.40. The number of ether oxygens (including phenoxy) is 1. The molecule has 7 heteroatoms. The lowest BCUT2D eigenvalue weighted by atomic mass is 10.1. The van der Waals surface area contributed by atoms with Crippen LogP contribution >= 0.6 is 0 Å². The maximum absolute atomic E-state index is 13.0. The van der Waals surface area contributed by atoms with E-state index < -0.39 is 11.7 Å². The van der Waals surface area contributed by atoms with Gasteiger partial charge in [-0.1, -0.05) is 26.5 Å². The molecule has 0 saturated carbocycles. The highest BCUT2D eigenvalue weighted by atomic mass is 19.4. The number of nitrogens with zero attached hydrogens (tertiary/aromatic N) is 2. The Kier molecular flexibility index (Phi) is 8.89.